The highest BCUT2D eigenvalue weighted by molar-refractivity contribution is 5.78. The van der Waals surface area contributed by atoms with Crippen LogP contribution in [0.2, 0.25) is 0 Å². The number of methoxy groups -OCH3 is 1. The Morgan fingerprint density at radius 2 is 2.29 bits per heavy atom. The van der Waals surface area contributed by atoms with E-state index in [-0.39, 0.29) is 12.0 Å². The van der Waals surface area contributed by atoms with E-state index in [9.17, 15) is 18.7 Å². The minimum atomic E-state index is -2.82. The van der Waals surface area contributed by atoms with Crippen LogP contribution in [0.4, 0.5) is 8.78 Å². The lowest BCUT2D eigenvalue weighted by molar-refractivity contribution is 0.111. The molecule has 6 heteroatoms. The summed E-state index contributed by atoms with van der Waals surface area (Å²) in [4.78, 5) is 13.6. The van der Waals surface area contributed by atoms with Crippen LogP contribution in [0.25, 0.3) is 0 Å². The SMILES string of the molecule is COc1cc(C(F)F)nc(C=O)c1O. The molecule has 14 heavy (non-hydrogen) atoms. The molecule has 0 fully saturated rings. The first-order valence-corrected chi connectivity index (χ1v) is 3.61. The summed E-state index contributed by atoms with van der Waals surface area (Å²) in [5, 5.41) is 9.23. The fourth-order valence-electron chi connectivity index (χ4n) is 0.903. The molecule has 1 aromatic heterocycles. The van der Waals surface area contributed by atoms with Crippen molar-refractivity contribution in [2.24, 2.45) is 0 Å². The fourth-order valence-corrected chi connectivity index (χ4v) is 0.903. The summed E-state index contributed by atoms with van der Waals surface area (Å²) in [6, 6.07) is 0.882. The van der Waals surface area contributed by atoms with Crippen LogP contribution >= 0.6 is 0 Å². The summed E-state index contributed by atoms with van der Waals surface area (Å²) < 4.78 is 29.0. The predicted molar refractivity (Wildman–Crippen MR) is 42.8 cm³/mol. The van der Waals surface area contributed by atoms with E-state index in [2.05, 4.69) is 9.72 Å². The Labute approximate surface area is 78.1 Å². The molecule has 1 aromatic rings. The van der Waals surface area contributed by atoms with Crippen LogP contribution in [0.15, 0.2) is 6.07 Å². The number of hydrogen-bond acceptors (Lipinski definition) is 4. The molecule has 0 aliphatic carbocycles. The van der Waals surface area contributed by atoms with Crippen LogP contribution < -0.4 is 4.74 Å². The molecule has 0 aliphatic rings. The van der Waals surface area contributed by atoms with Gasteiger partial charge in [0.2, 0.25) is 0 Å². The smallest absolute Gasteiger partial charge is 0.280 e. The molecule has 0 bridgehead atoms. The van der Waals surface area contributed by atoms with Crippen molar-refractivity contribution in [1.82, 2.24) is 4.98 Å². The largest absolute Gasteiger partial charge is 0.503 e. The maximum atomic E-state index is 12.2. The van der Waals surface area contributed by atoms with E-state index >= 15 is 0 Å². The van der Waals surface area contributed by atoms with Gasteiger partial charge in [0.05, 0.1) is 7.11 Å². The molecule has 0 saturated heterocycles. The average molecular weight is 203 g/mol. The molecule has 1 N–H and O–H groups in total. The molecule has 1 heterocycles. The van der Waals surface area contributed by atoms with Crippen molar-refractivity contribution in [3.63, 3.8) is 0 Å². The van der Waals surface area contributed by atoms with Crippen molar-refractivity contribution in [2.75, 3.05) is 7.11 Å². The molecule has 76 valence electrons. The Bertz CT molecular complexity index is 355. The van der Waals surface area contributed by atoms with Crippen molar-refractivity contribution in [2.45, 2.75) is 6.43 Å². The first-order chi connectivity index (χ1) is 6.60. The number of nitrogens with zero attached hydrogens (tertiary/aromatic N) is 1. The van der Waals surface area contributed by atoms with E-state index in [0.29, 0.717) is 0 Å². The minimum absolute atomic E-state index is 0.184. The second-order valence-corrected chi connectivity index (χ2v) is 2.40. The fraction of sp³-hybridized carbons (Fsp3) is 0.250. The van der Waals surface area contributed by atoms with Crippen LogP contribution in [0.3, 0.4) is 0 Å². The zero-order valence-electron chi connectivity index (χ0n) is 7.20. The number of aromatic nitrogens is 1. The Morgan fingerprint density at radius 3 is 2.71 bits per heavy atom. The van der Waals surface area contributed by atoms with Crippen LogP contribution in [-0.2, 0) is 0 Å². The van der Waals surface area contributed by atoms with E-state index in [1.165, 1.54) is 7.11 Å². The van der Waals surface area contributed by atoms with Gasteiger partial charge in [-0.2, -0.15) is 0 Å². The summed E-state index contributed by atoms with van der Waals surface area (Å²) in [7, 11) is 1.19. The van der Waals surface area contributed by atoms with Gasteiger partial charge in [0.1, 0.15) is 11.4 Å². The number of hydrogen-bond donors (Lipinski definition) is 1. The number of rotatable bonds is 3. The molecule has 1 rings (SSSR count). The molecule has 4 nitrogen and oxygen atoms in total. The van der Waals surface area contributed by atoms with Crippen molar-refractivity contribution in [3.8, 4) is 11.5 Å². The van der Waals surface area contributed by atoms with E-state index in [1.54, 1.807) is 0 Å². The van der Waals surface area contributed by atoms with Gasteiger partial charge in [0, 0.05) is 6.07 Å². The number of halogens is 2. The van der Waals surface area contributed by atoms with Gasteiger partial charge in [-0.05, 0) is 0 Å². The van der Waals surface area contributed by atoms with E-state index in [0.717, 1.165) is 6.07 Å². The Balaban J connectivity index is 3.31. The summed E-state index contributed by atoms with van der Waals surface area (Å²) in [5.41, 5.74) is -1.07. The molecule has 0 amide bonds. The topological polar surface area (TPSA) is 59.4 Å². The summed E-state index contributed by atoms with van der Waals surface area (Å²) in [5.74, 6) is -0.732. The molecule has 0 radical (unpaired) electrons. The number of ether oxygens (including phenoxy) is 1. The summed E-state index contributed by atoms with van der Waals surface area (Å²) >= 11 is 0. The predicted octanol–water partition coefficient (Wildman–Crippen LogP) is 1.55. The van der Waals surface area contributed by atoms with Crippen LogP contribution in [0.5, 0.6) is 11.5 Å². The molecule has 0 atom stereocenters. The molecule has 0 unspecified atom stereocenters. The molecule has 0 aromatic carbocycles. The van der Waals surface area contributed by atoms with E-state index < -0.39 is 23.6 Å². The number of aldehydes is 1. The molecular formula is C8H7F2NO3. The van der Waals surface area contributed by atoms with Gasteiger partial charge in [-0.1, -0.05) is 0 Å². The minimum Gasteiger partial charge on any atom is -0.503 e. The first-order valence-electron chi connectivity index (χ1n) is 3.61. The second kappa shape index (κ2) is 3.99. The maximum absolute atomic E-state index is 12.2. The quantitative estimate of drug-likeness (QED) is 0.757. The highest BCUT2D eigenvalue weighted by atomic mass is 19.3. The zero-order chi connectivity index (χ0) is 10.7. The lowest BCUT2D eigenvalue weighted by Gasteiger charge is -2.07. The molecule has 0 spiro atoms. The van der Waals surface area contributed by atoms with Crippen LogP contribution in [0, 0.1) is 0 Å². The van der Waals surface area contributed by atoms with Crippen molar-refractivity contribution >= 4 is 6.29 Å². The Kier molecular flexibility index (Phi) is 2.95. The molecular weight excluding hydrogens is 196 g/mol. The summed E-state index contributed by atoms with van der Waals surface area (Å²) in [6.45, 7) is 0. The third-order valence-corrected chi connectivity index (χ3v) is 1.56. The molecule has 0 saturated carbocycles. The highest BCUT2D eigenvalue weighted by Gasteiger charge is 2.16. The van der Waals surface area contributed by atoms with Gasteiger partial charge < -0.3 is 9.84 Å². The van der Waals surface area contributed by atoms with Gasteiger partial charge in [-0.15, -0.1) is 0 Å². The van der Waals surface area contributed by atoms with Gasteiger partial charge in [0.15, 0.2) is 17.8 Å². The first kappa shape index (κ1) is 10.4. The van der Waals surface area contributed by atoms with Gasteiger partial charge >= 0.3 is 0 Å². The number of alkyl halides is 2. The van der Waals surface area contributed by atoms with E-state index in [4.69, 9.17) is 0 Å². The van der Waals surface area contributed by atoms with Crippen molar-refractivity contribution in [1.29, 1.82) is 0 Å². The van der Waals surface area contributed by atoms with Crippen LogP contribution in [-0.4, -0.2) is 23.5 Å². The summed E-state index contributed by atoms with van der Waals surface area (Å²) in [6.07, 6.45) is -2.63. The van der Waals surface area contributed by atoms with Gasteiger partial charge in [0.25, 0.3) is 6.43 Å². The highest BCUT2D eigenvalue weighted by Crippen LogP contribution is 2.31. The number of aromatic hydroxyl groups is 1. The zero-order valence-corrected chi connectivity index (χ0v) is 7.20. The van der Waals surface area contributed by atoms with Crippen molar-refractivity contribution < 1.29 is 23.4 Å². The number of pyridine rings is 1. The third-order valence-electron chi connectivity index (χ3n) is 1.56. The Hall–Kier alpha value is -1.72. The number of carbonyl (C=O) groups excluding carboxylic acids is 1. The lowest BCUT2D eigenvalue weighted by Crippen LogP contribution is -1.98. The van der Waals surface area contributed by atoms with Gasteiger partial charge in [-0.25, -0.2) is 13.8 Å². The maximum Gasteiger partial charge on any atom is 0.280 e. The van der Waals surface area contributed by atoms with Crippen LogP contribution in [0.1, 0.15) is 22.6 Å². The third kappa shape index (κ3) is 1.78. The molecule has 0 aliphatic heterocycles. The second-order valence-electron chi connectivity index (χ2n) is 2.40. The normalized spacial score (nSPS) is 10.3. The monoisotopic (exact) mass is 203 g/mol. The lowest BCUT2D eigenvalue weighted by atomic mass is 10.2. The standard InChI is InChI=1S/C8H7F2NO3/c1-14-6-2-4(8(9)10)11-5(3-12)7(6)13/h2-3,8,13H,1H3. The van der Waals surface area contributed by atoms with Gasteiger partial charge in [-0.3, -0.25) is 4.79 Å². The van der Waals surface area contributed by atoms with Crippen molar-refractivity contribution in [3.05, 3.63) is 17.5 Å². The van der Waals surface area contributed by atoms with E-state index in [1.807, 2.05) is 0 Å². The Morgan fingerprint density at radius 1 is 1.64 bits per heavy atom. The number of carbonyl (C=O) groups is 1. The average Bonchev–Trinajstić information content (AvgIpc) is 2.17.